The second-order valence-corrected chi connectivity index (χ2v) is 4.90. The monoisotopic (exact) mass is 194 g/mol. The van der Waals surface area contributed by atoms with E-state index in [9.17, 15) is 5.11 Å². The van der Waals surface area contributed by atoms with Gasteiger partial charge in [0, 0.05) is 5.25 Å². The highest BCUT2D eigenvalue weighted by atomic mass is 32.2. The molecule has 2 heteroatoms. The minimum absolute atomic E-state index is 0.256. The van der Waals surface area contributed by atoms with E-state index in [-0.39, 0.29) is 6.10 Å². The number of aliphatic hydroxyl groups excluding tert-OH is 1. The van der Waals surface area contributed by atoms with Crippen molar-refractivity contribution in [2.24, 2.45) is 0 Å². The van der Waals surface area contributed by atoms with E-state index in [1.807, 2.05) is 30.0 Å². The number of rotatable bonds is 0. The van der Waals surface area contributed by atoms with Crippen molar-refractivity contribution in [3.05, 3.63) is 35.4 Å². The number of hydrogen-bond acceptors (Lipinski definition) is 2. The summed E-state index contributed by atoms with van der Waals surface area (Å²) in [6.07, 6.45) is 0.625. The van der Waals surface area contributed by atoms with Crippen LogP contribution < -0.4 is 0 Å². The molecule has 1 aromatic carbocycles. The average Bonchev–Trinajstić information content (AvgIpc) is 2.29. The summed E-state index contributed by atoms with van der Waals surface area (Å²) in [5.41, 5.74) is 2.43. The summed E-state index contributed by atoms with van der Waals surface area (Å²) < 4.78 is 0. The number of fused-ring (bicyclic) bond motifs is 1. The molecular formula is C11H14OS. The molecule has 1 N–H and O–H groups in total. The fraction of sp³-hybridized carbons (Fsp3) is 0.455. The van der Waals surface area contributed by atoms with Gasteiger partial charge < -0.3 is 5.11 Å². The maximum Gasteiger partial charge on any atom is 0.0801 e. The summed E-state index contributed by atoms with van der Waals surface area (Å²) in [5, 5.41) is 10.4. The maximum atomic E-state index is 9.85. The summed E-state index contributed by atoms with van der Waals surface area (Å²) in [5.74, 6) is 1.05. The van der Waals surface area contributed by atoms with Gasteiger partial charge in [-0.1, -0.05) is 24.3 Å². The maximum absolute atomic E-state index is 9.85. The molecular weight excluding hydrogens is 180 g/mol. The molecule has 1 aliphatic heterocycles. The minimum Gasteiger partial charge on any atom is -0.388 e. The Balaban J connectivity index is 2.45. The van der Waals surface area contributed by atoms with Crippen molar-refractivity contribution >= 4 is 11.8 Å². The second-order valence-electron chi connectivity index (χ2n) is 3.45. The summed E-state index contributed by atoms with van der Waals surface area (Å²) in [4.78, 5) is 0. The normalized spacial score (nSPS) is 27.8. The van der Waals surface area contributed by atoms with Crippen LogP contribution in [0.1, 0.15) is 35.8 Å². The van der Waals surface area contributed by atoms with E-state index in [0.29, 0.717) is 5.25 Å². The highest BCUT2D eigenvalue weighted by Gasteiger charge is 2.20. The number of benzene rings is 1. The summed E-state index contributed by atoms with van der Waals surface area (Å²) >= 11 is 1.93. The molecule has 1 nitrogen and oxygen atoms in total. The lowest BCUT2D eigenvalue weighted by Crippen LogP contribution is -1.99. The largest absolute Gasteiger partial charge is 0.388 e. The van der Waals surface area contributed by atoms with Gasteiger partial charge in [0.15, 0.2) is 0 Å². The summed E-state index contributed by atoms with van der Waals surface area (Å²) in [6.45, 7) is 2.21. The lowest BCUT2D eigenvalue weighted by Gasteiger charge is -2.13. The fourth-order valence-corrected chi connectivity index (χ4v) is 2.89. The first kappa shape index (κ1) is 9.10. The molecule has 0 saturated heterocycles. The first-order chi connectivity index (χ1) is 6.29. The van der Waals surface area contributed by atoms with Crippen molar-refractivity contribution in [2.75, 3.05) is 5.75 Å². The quantitative estimate of drug-likeness (QED) is 0.685. The summed E-state index contributed by atoms with van der Waals surface area (Å²) in [6, 6.07) is 8.22. The molecule has 70 valence electrons. The van der Waals surface area contributed by atoms with E-state index in [0.717, 1.165) is 17.7 Å². The highest BCUT2D eigenvalue weighted by molar-refractivity contribution is 7.99. The smallest absolute Gasteiger partial charge is 0.0801 e. The van der Waals surface area contributed by atoms with Gasteiger partial charge >= 0.3 is 0 Å². The van der Waals surface area contributed by atoms with Crippen molar-refractivity contribution in [3.8, 4) is 0 Å². The zero-order valence-electron chi connectivity index (χ0n) is 7.73. The number of hydrogen-bond donors (Lipinski definition) is 1. The Hall–Kier alpha value is -0.470. The first-order valence-corrected chi connectivity index (χ1v) is 5.72. The Morgan fingerprint density at radius 2 is 2.00 bits per heavy atom. The molecule has 13 heavy (non-hydrogen) atoms. The minimum atomic E-state index is -0.256. The number of aliphatic hydroxyl groups is 1. The lowest BCUT2D eigenvalue weighted by molar-refractivity contribution is 0.175. The van der Waals surface area contributed by atoms with E-state index in [4.69, 9.17) is 0 Å². The van der Waals surface area contributed by atoms with Crippen LogP contribution in [0.5, 0.6) is 0 Å². The third kappa shape index (κ3) is 1.74. The molecule has 1 unspecified atom stereocenters. The highest BCUT2D eigenvalue weighted by Crippen LogP contribution is 2.38. The Kier molecular flexibility index (Phi) is 2.61. The van der Waals surface area contributed by atoms with Gasteiger partial charge in [0.2, 0.25) is 0 Å². The molecule has 0 spiro atoms. The van der Waals surface area contributed by atoms with Crippen molar-refractivity contribution in [2.45, 2.75) is 24.7 Å². The van der Waals surface area contributed by atoms with Crippen molar-refractivity contribution in [1.29, 1.82) is 0 Å². The second kappa shape index (κ2) is 3.72. The molecule has 0 aliphatic carbocycles. The van der Waals surface area contributed by atoms with E-state index in [1.54, 1.807) is 0 Å². The van der Waals surface area contributed by atoms with Crippen molar-refractivity contribution in [1.82, 2.24) is 0 Å². The van der Waals surface area contributed by atoms with Crippen LogP contribution in [0, 0.1) is 0 Å². The molecule has 2 rings (SSSR count). The molecule has 2 atom stereocenters. The first-order valence-electron chi connectivity index (χ1n) is 4.67. The third-order valence-corrected chi connectivity index (χ3v) is 3.78. The van der Waals surface area contributed by atoms with Gasteiger partial charge in [-0.3, -0.25) is 0 Å². The van der Waals surface area contributed by atoms with Gasteiger partial charge in [-0.25, -0.2) is 0 Å². The van der Waals surface area contributed by atoms with Gasteiger partial charge in [0.05, 0.1) is 6.10 Å². The van der Waals surface area contributed by atoms with E-state index < -0.39 is 0 Å². The van der Waals surface area contributed by atoms with Gasteiger partial charge in [0.1, 0.15) is 0 Å². The predicted octanol–water partition coefficient (Wildman–Crippen LogP) is 2.92. The van der Waals surface area contributed by atoms with E-state index in [1.165, 1.54) is 5.56 Å². The fourth-order valence-electron chi connectivity index (χ4n) is 1.79. The summed E-state index contributed by atoms with van der Waals surface area (Å²) in [7, 11) is 0. The van der Waals surface area contributed by atoms with Gasteiger partial charge in [-0.15, -0.1) is 0 Å². The zero-order chi connectivity index (χ0) is 9.26. The van der Waals surface area contributed by atoms with E-state index in [2.05, 4.69) is 13.0 Å². The van der Waals surface area contributed by atoms with Crippen LogP contribution in [-0.4, -0.2) is 10.9 Å². The van der Waals surface area contributed by atoms with Crippen LogP contribution in [0.25, 0.3) is 0 Å². The molecule has 0 saturated carbocycles. The Morgan fingerprint density at radius 3 is 2.77 bits per heavy atom. The predicted molar refractivity (Wildman–Crippen MR) is 56.9 cm³/mol. The van der Waals surface area contributed by atoms with Gasteiger partial charge in [-0.05, 0) is 30.2 Å². The van der Waals surface area contributed by atoms with Crippen LogP contribution in [0.2, 0.25) is 0 Å². The molecule has 0 fully saturated rings. The topological polar surface area (TPSA) is 20.2 Å². The van der Waals surface area contributed by atoms with Crippen molar-refractivity contribution < 1.29 is 5.11 Å². The standard InChI is InChI=1S/C11H14OS/c1-8-9-4-2-3-5-10(9)11(12)6-7-13-8/h2-5,8,11-12H,6-7H2,1H3/t8?,11-/m1/s1. The van der Waals surface area contributed by atoms with Crippen LogP contribution in [0.3, 0.4) is 0 Å². The SMILES string of the molecule is CC1SCC[C@@H](O)c2ccccc21. The average molecular weight is 194 g/mol. The Morgan fingerprint density at radius 1 is 1.31 bits per heavy atom. The Labute approximate surface area is 83.2 Å². The molecule has 0 amide bonds. The molecule has 0 radical (unpaired) electrons. The van der Waals surface area contributed by atoms with Crippen LogP contribution >= 0.6 is 11.8 Å². The number of thioether (sulfide) groups is 1. The van der Waals surface area contributed by atoms with E-state index >= 15 is 0 Å². The van der Waals surface area contributed by atoms with Crippen molar-refractivity contribution in [3.63, 3.8) is 0 Å². The Bertz CT molecular complexity index is 269. The van der Waals surface area contributed by atoms with Crippen LogP contribution in [0.4, 0.5) is 0 Å². The lowest BCUT2D eigenvalue weighted by atomic mass is 9.99. The molecule has 0 aromatic heterocycles. The molecule has 1 heterocycles. The van der Waals surface area contributed by atoms with Crippen LogP contribution in [0.15, 0.2) is 24.3 Å². The molecule has 0 bridgehead atoms. The molecule has 1 aromatic rings. The van der Waals surface area contributed by atoms with Gasteiger partial charge in [-0.2, -0.15) is 11.8 Å². The van der Waals surface area contributed by atoms with Gasteiger partial charge in [0.25, 0.3) is 0 Å². The third-order valence-electron chi connectivity index (χ3n) is 2.55. The molecule has 1 aliphatic rings. The van der Waals surface area contributed by atoms with Crippen LogP contribution in [-0.2, 0) is 0 Å². The zero-order valence-corrected chi connectivity index (χ0v) is 8.55.